The summed E-state index contributed by atoms with van der Waals surface area (Å²) in [5.41, 5.74) is 0. The molecule has 19 heteroatoms. The van der Waals surface area contributed by atoms with Crippen molar-refractivity contribution in [2.75, 3.05) is 39.6 Å². The number of phosphoric acid groups is 2. The molecule has 6 atom stereocenters. The Morgan fingerprint density at radius 3 is 0.780 bits per heavy atom. The number of hydrogen-bond acceptors (Lipinski definition) is 15. The quantitative estimate of drug-likeness (QED) is 0.0222. The number of rotatable bonds is 72. The van der Waals surface area contributed by atoms with Crippen molar-refractivity contribution in [1.29, 1.82) is 0 Å². The number of ether oxygens (including phenoxy) is 4. The van der Waals surface area contributed by atoms with Crippen LogP contribution in [0.5, 0.6) is 0 Å². The first-order chi connectivity index (χ1) is 44.1. The van der Waals surface area contributed by atoms with Crippen molar-refractivity contribution in [3.05, 3.63) is 0 Å². The summed E-state index contributed by atoms with van der Waals surface area (Å²) in [4.78, 5) is 72.5. The highest BCUT2D eigenvalue weighted by Crippen LogP contribution is 2.45. The molecule has 0 aliphatic rings. The first kappa shape index (κ1) is 89.1. The number of aliphatic hydroxyl groups is 1. The Morgan fingerprint density at radius 2 is 0.527 bits per heavy atom. The van der Waals surface area contributed by atoms with Gasteiger partial charge < -0.3 is 33.8 Å². The van der Waals surface area contributed by atoms with Crippen LogP contribution in [0.25, 0.3) is 0 Å². The second-order valence-electron chi connectivity index (χ2n) is 26.2. The van der Waals surface area contributed by atoms with Crippen molar-refractivity contribution in [2.24, 2.45) is 5.92 Å². The van der Waals surface area contributed by atoms with Crippen LogP contribution >= 0.6 is 15.6 Å². The molecule has 17 nitrogen and oxygen atoms in total. The van der Waals surface area contributed by atoms with E-state index in [2.05, 4.69) is 34.6 Å². The molecular weight excluding hydrogens is 1200 g/mol. The summed E-state index contributed by atoms with van der Waals surface area (Å²) in [6, 6.07) is 0. The van der Waals surface area contributed by atoms with Gasteiger partial charge in [0.1, 0.15) is 19.3 Å². The normalized spacial score (nSPS) is 14.3. The molecule has 0 saturated heterocycles. The van der Waals surface area contributed by atoms with Gasteiger partial charge in [-0.2, -0.15) is 0 Å². The molecule has 0 saturated carbocycles. The Hall–Kier alpha value is -1.94. The molecule has 91 heavy (non-hydrogen) atoms. The average Bonchev–Trinajstić information content (AvgIpc) is 2.35. The lowest BCUT2D eigenvalue weighted by Gasteiger charge is -2.21. The van der Waals surface area contributed by atoms with Crippen LogP contribution in [0.3, 0.4) is 0 Å². The van der Waals surface area contributed by atoms with Crippen LogP contribution in [0, 0.1) is 5.92 Å². The highest BCUT2D eigenvalue weighted by Gasteiger charge is 2.30. The maximum Gasteiger partial charge on any atom is 0.472 e. The molecule has 0 rings (SSSR count). The molecule has 0 amide bonds. The van der Waals surface area contributed by atoms with Crippen molar-refractivity contribution in [3.8, 4) is 0 Å². The fraction of sp³-hybridized carbons (Fsp3) is 0.944. The van der Waals surface area contributed by atoms with Crippen LogP contribution in [-0.4, -0.2) is 96.7 Å². The van der Waals surface area contributed by atoms with E-state index in [1.165, 1.54) is 193 Å². The lowest BCUT2D eigenvalue weighted by molar-refractivity contribution is -0.161. The van der Waals surface area contributed by atoms with Crippen LogP contribution < -0.4 is 0 Å². The third-order valence-corrected chi connectivity index (χ3v) is 19.0. The number of aliphatic hydroxyl groups excluding tert-OH is 1. The van der Waals surface area contributed by atoms with Crippen LogP contribution in [0.1, 0.15) is 375 Å². The lowest BCUT2D eigenvalue weighted by atomic mass is 9.99. The van der Waals surface area contributed by atoms with Crippen LogP contribution in [0.4, 0.5) is 0 Å². The first-order valence-corrected chi connectivity index (χ1v) is 40.7. The minimum atomic E-state index is -4.95. The van der Waals surface area contributed by atoms with Crippen molar-refractivity contribution >= 4 is 39.5 Å². The number of hydrogen-bond donors (Lipinski definition) is 3. The van der Waals surface area contributed by atoms with Crippen molar-refractivity contribution < 1.29 is 80.2 Å². The Kier molecular flexibility index (Phi) is 64.0. The van der Waals surface area contributed by atoms with Crippen LogP contribution in [-0.2, 0) is 65.4 Å². The number of esters is 4. The van der Waals surface area contributed by atoms with Gasteiger partial charge in [-0.05, 0) is 31.6 Å². The fourth-order valence-electron chi connectivity index (χ4n) is 11.0. The van der Waals surface area contributed by atoms with Gasteiger partial charge in [0, 0.05) is 25.7 Å². The average molecular weight is 1340 g/mol. The summed E-state index contributed by atoms with van der Waals surface area (Å²) in [6.45, 7) is 7.29. The Labute approximate surface area is 556 Å². The minimum absolute atomic E-state index is 0.107. The lowest BCUT2D eigenvalue weighted by Crippen LogP contribution is -2.30. The molecule has 0 aromatic carbocycles. The van der Waals surface area contributed by atoms with Gasteiger partial charge in [-0.25, -0.2) is 9.13 Å². The number of phosphoric ester groups is 2. The first-order valence-electron chi connectivity index (χ1n) is 37.7. The Bertz CT molecular complexity index is 1760. The predicted molar refractivity (Wildman–Crippen MR) is 368 cm³/mol. The van der Waals surface area contributed by atoms with Gasteiger partial charge in [0.2, 0.25) is 0 Å². The molecule has 0 aliphatic carbocycles. The zero-order valence-corrected chi connectivity index (χ0v) is 60.8. The zero-order chi connectivity index (χ0) is 67.0. The van der Waals surface area contributed by atoms with E-state index in [1.807, 2.05) is 0 Å². The van der Waals surface area contributed by atoms with Gasteiger partial charge >= 0.3 is 39.5 Å². The summed E-state index contributed by atoms with van der Waals surface area (Å²) in [5.74, 6) is -1.27. The molecule has 0 spiro atoms. The topological polar surface area (TPSA) is 237 Å². The number of carbonyl (C=O) groups is 4. The van der Waals surface area contributed by atoms with E-state index in [4.69, 9.17) is 37.0 Å². The fourth-order valence-corrected chi connectivity index (χ4v) is 12.5. The number of carbonyl (C=O) groups excluding carboxylic acids is 4. The standard InChI is InChI=1S/C72H140O17P2/c1-6-10-13-16-19-22-24-25-29-33-36-41-46-51-56-70(75)83-62-68(89-72(77)58-53-48-43-38-34-30-27-26-28-32-35-39-44-49-54-65(5)9-4)64-87-91(80,81)85-60-66(73)59-84-90(78,79)86-63-67(61-82-69(74)55-50-45-40-21-18-15-12-8-3)88-71(76)57-52-47-42-37-31-23-20-17-14-11-7-2/h65-68,73H,6-64H2,1-5H3,(H,78,79)(H,80,81)/t65?,66-,67+,68+/m0/s1. The molecule has 0 heterocycles. The van der Waals surface area contributed by atoms with E-state index in [0.29, 0.717) is 25.7 Å². The van der Waals surface area contributed by atoms with E-state index in [9.17, 15) is 43.2 Å². The molecule has 0 aromatic heterocycles. The third kappa shape index (κ3) is 65.1. The van der Waals surface area contributed by atoms with Gasteiger partial charge in [0.05, 0.1) is 26.4 Å². The summed E-state index contributed by atoms with van der Waals surface area (Å²) < 4.78 is 68.3. The summed E-state index contributed by atoms with van der Waals surface area (Å²) in [5, 5.41) is 10.6. The molecule has 0 aliphatic heterocycles. The van der Waals surface area contributed by atoms with Gasteiger partial charge in [0.15, 0.2) is 12.2 Å². The highest BCUT2D eigenvalue weighted by molar-refractivity contribution is 7.47. The van der Waals surface area contributed by atoms with Crippen LogP contribution in [0.2, 0.25) is 0 Å². The SMILES string of the molecule is CCCCCCCCCCCCCCCCC(=O)OC[C@H](COP(=O)(O)OC[C@@H](O)COP(=O)(O)OC[C@@H](COC(=O)CCCCCCCCCC)OC(=O)CCCCCCCCCCCCC)OC(=O)CCCCCCCCCCCCCCCCC(C)CC. The largest absolute Gasteiger partial charge is 0.472 e. The third-order valence-electron chi connectivity index (χ3n) is 17.1. The van der Waals surface area contributed by atoms with Crippen molar-refractivity contribution in [2.45, 2.75) is 393 Å². The van der Waals surface area contributed by atoms with Gasteiger partial charge in [-0.3, -0.25) is 37.3 Å². The maximum atomic E-state index is 13.0. The molecule has 0 aromatic rings. The van der Waals surface area contributed by atoms with E-state index in [0.717, 1.165) is 102 Å². The molecular formula is C72H140O17P2. The second-order valence-corrected chi connectivity index (χ2v) is 29.1. The van der Waals surface area contributed by atoms with Crippen molar-refractivity contribution in [1.82, 2.24) is 0 Å². The Morgan fingerprint density at radius 1 is 0.308 bits per heavy atom. The van der Waals surface area contributed by atoms with Crippen LogP contribution in [0.15, 0.2) is 0 Å². The van der Waals surface area contributed by atoms with Gasteiger partial charge in [0.25, 0.3) is 0 Å². The highest BCUT2D eigenvalue weighted by atomic mass is 31.2. The second kappa shape index (κ2) is 65.4. The summed E-state index contributed by atoms with van der Waals surface area (Å²) in [6.07, 6.45) is 52.6. The summed E-state index contributed by atoms with van der Waals surface area (Å²) >= 11 is 0. The van der Waals surface area contributed by atoms with E-state index in [1.54, 1.807) is 0 Å². The molecule has 540 valence electrons. The molecule has 3 N–H and O–H groups in total. The van der Waals surface area contributed by atoms with E-state index < -0.39 is 97.5 Å². The van der Waals surface area contributed by atoms with Gasteiger partial charge in [-0.1, -0.05) is 324 Å². The molecule has 3 unspecified atom stereocenters. The zero-order valence-electron chi connectivity index (χ0n) is 59.0. The smallest absolute Gasteiger partial charge is 0.462 e. The maximum absolute atomic E-state index is 13.0. The minimum Gasteiger partial charge on any atom is -0.462 e. The molecule has 0 radical (unpaired) electrons. The predicted octanol–water partition coefficient (Wildman–Crippen LogP) is 20.9. The monoisotopic (exact) mass is 1340 g/mol. The summed E-state index contributed by atoms with van der Waals surface area (Å²) in [7, 11) is -9.90. The number of unbranched alkanes of at least 4 members (excludes halogenated alkanes) is 43. The molecule has 0 bridgehead atoms. The van der Waals surface area contributed by atoms with Gasteiger partial charge in [-0.15, -0.1) is 0 Å². The molecule has 0 fully saturated rings. The Balaban J connectivity index is 5.21. The van der Waals surface area contributed by atoms with E-state index >= 15 is 0 Å². The van der Waals surface area contributed by atoms with Crippen molar-refractivity contribution in [3.63, 3.8) is 0 Å². The van der Waals surface area contributed by atoms with E-state index in [-0.39, 0.29) is 25.7 Å².